The first kappa shape index (κ1) is 16.3. The van der Waals surface area contributed by atoms with Gasteiger partial charge in [0.1, 0.15) is 6.04 Å². The lowest BCUT2D eigenvalue weighted by Gasteiger charge is -2.39. The van der Waals surface area contributed by atoms with Crippen LogP contribution in [0.3, 0.4) is 0 Å². The largest absolute Gasteiger partial charge is 0.481 e. The number of nitrogens with one attached hydrogen (secondary N) is 1. The number of carbonyl (C=O) groups is 3. The summed E-state index contributed by atoms with van der Waals surface area (Å²) in [5, 5.41) is 11.6. The number of hydrogen-bond acceptors (Lipinski definition) is 3. The average Bonchev–Trinajstić information content (AvgIpc) is 2.38. The van der Waals surface area contributed by atoms with E-state index in [4.69, 9.17) is 5.11 Å². The van der Waals surface area contributed by atoms with Crippen LogP contribution in [0.2, 0.25) is 0 Å². The molecule has 1 rings (SSSR count). The molecule has 2 unspecified atom stereocenters. The van der Waals surface area contributed by atoms with Crippen LogP contribution < -0.4 is 5.32 Å². The third-order valence-electron chi connectivity index (χ3n) is 3.55. The molecule has 0 spiro atoms. The van der Waals surface area contributed by atoms with Gasteiger partial charge in [-0.1, -0.05) is 6.92 Å². The van der Waals surface area contributed by atoms with Crippen LogP contribution in [0.25, 0.3) is 0 Å². The summed E-state index contributed by atoms with van der Waals surface area (Å²) >= 11 is 0. The predicted octanol–water partition coefficient (Wildman–Crippen LogP) is 0.502. The first-order valence-electron chi connectivity index (χ1n) is 6.99. The maximum Gasteiger partial charge on any atom is 0.320 e. The van der Waals surface area contributed by atoms with Crippen molar-refractivity contribution in [2.24, 2.45) is 0 Å². The third kappa shape index (κ3) is 3.61. The molecule has 1 aliphatic heterocycles. The Hall–Kier alpha value is -1.79. The number of urea groups is 1. The zero-order chi connectivity index (χ0) is 15.3. The fourth-order valence-corrected chi connectivity index (χ4v) is 2.51. The average molecular weight is 285 g/mol. The van der Waals surface area contributed by atoms with Crippen molar-refractivity contribution in [2.45, 2.75) is 45.7 Å². The van der Waals surface area contributed by atoms with Gasteiger partial charge in [-0.2, -0.15) is 0 Å². The maximum absolute atomic E-state index is 12.5. The Morgan fingerprint density at radius 3 is 2.65 bits per heavy atom. The number of carboxylic acid groups (broad SMARTS) is 1. The number of hydrogen-bond donors (Lipinski definition) is 2. The Labute approximate surface area is 118 Å². The normalized spacial score (nSPS) is 20.2. The number of carboxylic acids is 1. The lowest BCUT2D eigenvalue weighted by molar-refractivity contribution is -0.138. The van der Waals surface area contributed by atoms with Gasteiger partial charge in [-0.05, 0) is 20.3 Å². The Balaban J connectivity index is 2.83. The van der Waals surface area contributed by atoms with Crippen molar-refractivity contribution in [3.8, 4) is 0 Å². The van der Waals surface area contributed by atoms with E-state index in [1.54, 1.807) is 18.7 Å². The van der Waals surface area contributed by atoms with Gasteiger partial charge in [-0.25, -0.2) is 4.79 Å². The molecule has 1 fully saturated rings. The van der Waals surface area contributed by atoms with E-state index in [0.717, 1.165) is 0 Å². The van der Waals surface area contributed by atoms with Gasteiger partial charge in [-0.15, -0.1) is 0 Å². The zero-order valence-corrected chi connectivity index (χ0v) is 12.3. The molecule has 0 bridgehead atoms. The molecule has 0 aliphatic carbocycles. The molecule has 3 amide bonds. The number of carbonyl (C=O) groups excluding carboxylic acids is 2. The van der Waals surface area contributed by atoms with Crippen LogP contribution >= 0.6 is 0 Å². The number of nitrogens with zero attached hydrogens (tertiary/aromatic N) is 2. The minimum atomic E-state index is -0.938. The van der Waals surface area contributed by atoms with Gasteiger partial charge in [0.2, 0.25) is 5.91 Å². The topological polar surface area (TPSA) is 90.0 Å². The monoisotopic (exact) mass is 285 g/mol. The second kappa shape index (κ2) is 7.12. The van der Waals surface area contributed by atoms with Crippen LogP contribution in [0, 0.1) is 0 Å². The Kier molecular flexibility index (Phi) is 5.79. The van der Waals surface area contributed by atoms with E-state index in [9.17, 15) is 14.4 Å². The van der Waals surface area contributed by atoms with E-state index in [2.05, 4.69) is 5.32 Å². The van der Waals surface area contributed by atoms with E-state index < -0.39 is 18.1 Å². The highest BCUT2D eigenvalue weighted by Gasteiger charge is 2.35. The second-order valence-electron chi connectivity index (χ2n) is 4.92. The van der Waals surface area contributed by atoms with Crippen LogP contribution in [0.4, 0.5) is 4.79 Å². The molecule has 2 N–H and O–H groups in total. The molecule has 0 aromatic heterocycles. The molecule has 2 atom stereocenters. The molecule has 1 aliphatic rings. The van der Waals surface area contributed by atoms with Gasteiger partial charge >= 0.3 is 12.0 Å². The van der Waals surface area contributed by atoms with Crippen molar-refractivity contribution in [1.29, 1.82) is 0 Å². The van der Waals surface area contributed by atoms with E-state index in [1.165, 1.54) is 4.90 Å². The van der Waals surface area contributed by atoms with E-state index >= 15 is 0 Å². The SMILES string of the molecule is CCC1C(=O)NCCN1C(=O)N(CC)C(C)CC(=O)O. The van der Waals surface area contributed by atoms with Crippen molar-refractivity contribution in [3.63, 3.8) is 0 Å². The zero-order valence-electron chi connectivity index (χ0n) is 12.3. The Bertz CT molecular complexity index is 386. The van der Waals surface area contributed by atoms with Gasteiger partial charge in [0, 0.05) is 25.7 Å². The molecule has 0 aromatic carbocycles. The summed E-state index contributed by atoms with van der Waals surface area (Å²) < 4.78 is 0. The van der Waals surface area contributed by atoms with Crippen LogP contribution in [0.1, 0.15) is 33.6 Å². The smallest absolute Gasteiger partial charge is 0.320 e. The lowest BCUT2D eigenvalue weighted by atomic mass is 10.1. The van der Waals surface area contributed by atoms with E-state index in [-0.39, 0.29) is 18.4 Å². The highest BCUT2D eigenvalue weighted by Crippen LogP contribution is 2.14. The lowest BCUT2D eigenvalue weighted by Crippen LogP contribution is -2.60. The Morgan fingerprint density at radius 1 is 1.50 bits per heavy atom. The number of aliphatic carboxylic acids is 1. The van der Waals surface area contributed by atoms with E-state index in [1.807, 2.05) is 6.92 Å². The highest BCUT2D eigenvalue weighted by atomic mass is 16.4. The molecule has 1 heterocycles. The van der Waals surface area contributed by atoms with Gasteiger partial charge in [0.15, 0.2) is 0 Å². The first-order chi connectivity index (χ1) is 9.42. The number of rotatable bonds is 5. The molecule has 20 heavy (non-hydrogen) atoms. The van der Waals surface area contributed by atoms with Crippen molar-refractivity contribution < 1.29 is 19.5 Å². The van der Waals surface area contributed by atoms with Crippen LogP contribution in [0.15, 0.2) is 0 Å². The molecule has 0 aromatic rings. The quantitative estimate of drug-likeness (QED) is 0.769. The molecular weight excluding hydrogens is 262 g/mol. The fourth-order valence-electron chi connectivity index (χ4n) is 2.51. The highest BCUT2D eigenvalue weighted by molar-refractivity contribution is 5.88. The maximum atomic E-state index is 12.5. The summed E-state index contributed by atoms with van der Waals surface area (Å²) in [6.07, 6.45) is 0.443. The minimum absolute atomic E-state index is 0.101. The van der Waals surface area contributed by atoms with Crippen molar-refractivity contribution in [2.75, 3.05) is 19.6 Å². The van der Waals surface area contributed by atoms with Crippen LogP contribution in [0.5, 0.6) is 0 Å². The molecule has 114 valence electrons. The molecule has 7 heteroatoms. The first-order valence-corrected chi connectivity index (χ1v) is 6.99. The standard InChI is InChI=1S/C13H23N3O4/c1-4-10-12(19)14-6-7-16(10)13(20)15(5-2)9(3)8-11(17)18/h9-10H,4-8H2,1-3H3,(H,14,19)(H,17,18). The minimum Gasteiger partial charge on any atom is -0.481 e. The molecular formula is C13H23N3O4. The summed E-state index contributed by atoms with van der Waals surface area (Å²) in [6.45, 7) is 6.68. The predicted molar refractivity (Wildman–Crippen MR) is 73.3 cm³/mol. The summed E-state index contributed by atoms with van der Waals surface area (Å²) in [5.41, 5.74) is 0. The van der Waals surface area contributed by atoms with Crippen molar-refractivity contribution in [1.82, 2.24) is 15.1 Å². The number of piperazine rings is 1. The van der Waals surface area contributed by atoms with Crippen molar-refractivity contribution >= 4 is 17.9 Å². The summed E-state index contributed by atoms with van der Waals surface area (Å²) in [5.74, 6) is -1.08. The summed E-state index contributed by atoms with van der Waals surface area (Å²) in [4.78, 5) is 38.2. The third-order valence-corrected chi connectivity index (χ3v) is 3.55. The molecule has 0 saturated carbocycles. The van der Waals surface area contributed by atoms with Crippen LogP contribution in [-0.2, 0) is 9.59 Å². The van der Waals surface area contributed by atoms with Crippen molar-refractivity contribution in [3.05, 3.63) is 0 Å². The molecule has 1 saturated heterocycles. The van der Waals surface area contributed by atoms with E-state index in [0.29, 0.717) is 26.1 Å². The van der Waals surface area contributed by atoms with Crippen LogP contribution in [-0.4, -0.2) is 64.5 Å². The van der Waals surface area contributed by atoms with Gasteiger partial charge in [0.05, 0.1) is 6.42 Å². The summed E-state index contributed by atoms with van der Waals surface area (Å²) in [6, 6.07) is -1.13. The second-order valence-corrected chi connectivity index (χ2v) is 4.92. The van der Waals surface area contributed by atoms with Gasteiger partial charge in [0.25, 0.3) is 0 Å². The molecule has 0 radical (unpaired) electrons. The fraction of sp³-hybridized carbons (Fsp3) is 0.769. The molecule has 7 nitrogen and oxygen atoms in total. The van der Waals surface area contributed by atoms with Gasteiger partial charge in [-0.3, -0.25) is 9.59 Å². The Morgan fingerprint density at radius 2 is 2.15 bits per heavy atom. The number of amides is 3. The van der Waals surface area contributed by atoms with Gasteiger partial charge < -0.3 is 20.2 Å². The summed E-state index contributed by atoms with van der Waals surface area (Å²) in [7, 11) is 0.